The maximum atomic E-state index is 5.79. The van der Waals surface area contributed by atoms with Crippen LogP contribution < -0.4 is 11.1 Å². The highest BCUT2D eigenvalue weighted by molar-refractivity contribution is 14.0. The van der Waals surface area contributed by atoms with Gasteiger partial charge in [-0.15, -0.1) is 35.3 Å². The fourth-order valence-electron chi connectivity index (χ4n) is 1.42. The minimum atomic E-state index is 0. The number of nitrogens with zero attached hydrogens (tertiary/aromatic N) is 2. The van der Waals surface area contributed by atoms with Crippen LogP contribution in [0.4, 0.5) is 0 Å². The van der Waals surface area contributed by atoms with Crippen LogP contribution in [0.25, 0.3) is 0 Å². The van der Waals surface area contributed by atoms with E-state index in [9.17, 15) is 0 Å². The summed E-state index contributed by atoms with van der Waals surface area (Å²) in [5.41, 5.74) is 6.85. The van der Waals surface area contributed by atoms with Crippen molar-refractivity contribution < 1.29 is 0 Å². The second-order valence-electron chi connectivity index (χ2n) is 4.55. The Morgan fingerprint density at radius 1 is 1.44 bits per heavy atom. The van der Waals surface area contributed by atoms with Crippen LogP contribution in [0.5, 0.6) is 0 Å². The van der Waals surface area contributed by atoms with Gasteiger partial charge in [-0.2, -0.15) is 0 Å². The van der Waals surface area contributed by atoms with E-state index >= 15 is 0 Å². The lowest BCUT2D eigenvalue weighted by atomic mass is 10.1. The number of hydrogen-bond acceptors (Lipinski definition) is 3. The summed E-state index contributed by atoms with van der Waals surface area (Å²) in [4.78, 5) is 9.87. The normalized spacial score (nSPS) is 11.5. The first kappa shape index (κ1) is 17.6. The number of hydrogen-bond donors (Lipinski definition) is 2. The van der Waals surface area contributed by atoms with Crippen LogP contribution in [0.15, 0.2) is 4.99 Å². The summed E-state index contributed by atoms with van der Waals surface area (Å²) in [7, 11) is 0. The number of nitrogens with one attached hydrogen (secondary N) is 1. The molecule has 0 radical (unpaired) electrons. The van der Waals surface area contributed by atoms with Gasteiger partial charge in [-0.25, -0.2) is 9.98 Å². The van der Waals surface area contributed by atoms with Crippen LogP contribution in [0.3, 0.4) is 0 Å². The Morgan fingerprint density at radius 3 is 2.61 bits per heavy atom. The Hall–Kier alpha value is -0.370. The number of aromatic nitrogens is 1. The van der Waals surface area contributed by atoms with E-state index in [1.165, 1.54) is 4.88 Å². The quantitative estimate of drug-likeness (QED) is 0.468. The van der Waals surface area contributed by atoms with Crippen molar-refractivity contribution in [2.45, 2.75) is 40.7 Å². The average molecular weight is 382 g/mol. The zero-order valence-corrected chi connectivity index (χ0v) is 14.6. The van der Waals surface area contributed by atoms with E-state index < -0.39 is 0 Å². The SMILES string of the molecule is Cc1nc(C)c(CN=C(N)NCCC(C)C)s1.I. The number of nitrogens with two attached hydrogens (primary N) is 1. The van der Waals surface area contributed by atoms with E-state index in [4.69, 9.17) is 5.73 Å². The lowest BCUT2D eigenvalue weighted by Gasteiger charge is -2.07. The highest BCUT2D eigenvalue weighted by Gasteiger charge is 2.03. The Balaban J connectivity index is 0.00000289. The van der Waals surface area contributed by atoms with Gasteiger partial charge >= 0.3 is 0 Å². The molecule has 104 valence electrons. The van der Waals surface area contributed by atoms with Crippen LogP contribution in [0.2, 0.25) is 0 Å². The van der Waals surface area contributed by atoms with E-state index in [0.29, 0.717) is 18.4 Å². The number of guanidine groups is 1. The highest BCUT2D eigenvalue weighted by atomic mass is 127. The van der Waals surface area contributed by atoms with Crippen LogP contribution in [-0.2, 0) is 6.54 Å². The molecule has 0 atom stereocenters. The maximum Gasteiger partial charge on any atom is 0.188 e. The predicted molar refractivity (Wildman–Crippen MR) is 89.8 cm³/mol. The molecule has 0 aromatic carbocycles. The summed E-state index contributed by atoms with van der Waals surface area (Å²) in [5.74, 6) is 1.21. The summed E-state index contributed by atoms with van der Waals surface area (Å²) >= 11 is 1.68. The van der Waals surface area contributed by atoms with Crippen LogP contribution >= 0.6 is 35.3 Å². The lowest BCUT2D eigenvalue weighted by molar-refractivity contribution is 0.576. The molecule has 0 bridgehead atoms. The minimum absolute atomic E-state index is 0. The van der Waals surface area contributed by atoms with Gasteiger partial charge < -0.3 is 11.1 Å². The van der Waals surface area contributed by atoms with Gasteiger partial charge in [-0.3, -0.25) is 0 Å². The Kier molecular flexibility index (Phi) is 8.51. The number of aliphatic imine (C=N–C) groups is 1. The molecule has 0 spiro atoms. The molecule has 1 rings (SSSR count). The van der Waals surface area contributed by atoms with Gasteiger partial charge in [-0.05, 0) is 26.2 Å². The molecule has 4 nitrogen and oxygen atoms in total. The zero-order chi connectivity index (χ0) is 12.8. The zero-order valence-electron chi connectivity index (χ0n) is 11.5. The van der Waals surface area contributed by atoms with Gasteiger partial charge in [0.2, 0.25) is 0 Å². The van der Waals surface area contributed by atoms with Gasteiger partial charge in [-0.1, -0.05) is 13.8 Å². The van der Waals surface area contributed by atoms with Crippen molar-refractivity contribution in [3.8, 4) is 0 Å². The summed E-state index contributed by atoms with van der Waals surface area (Å²) in [5, 5.41) is 4.20. The molecule has 3 N–H and O–H groups in total. The summed E-state index contributed by atoms with van der Waals surface area (Å²) < 4.78 is 0. The molecule has 0 fully saturated rings. The first-order valence-electron chi connectivity index (χ1n) is 5.95. The molecule has 0 aliphatic carbocycles. The Morgan fingerprint density at radius 2 is 2.11 bits per heavy atom. The van der Waals surface area contributed by atoms with Crippen molar-refractivity contribution in [3.63, 3.8) is 0 Å². The first-order valence-corrected chi connectivity index (χ1v) is 6.77. The molecule has 0 unspecified atom stereocenters. The van der Waals surface area contributed by atoms with Crippen molar-refractivity contribution in [2.75, 3.05) is 6.54 Å². The standard InChI is InChI=1S/C12H22N4S.HI/c1-8(2)5-6-14-12(13)15-7-11-9(3)16-10(4)17-11;/h8H,5-7H2,1-4H3,(H3,13,14,15);1H. The third kappa shape index (κ3) is 6.53. The Labute approximate surface area is 131 Å². The Bertz CT molecular complexity index is 387. The van der Waals surface area contributed by atoms with Crippen LogP contribution in [-0.4, -0.2) is 17.5 Å². The van der Waals surface area contributed by atoms with Crippen molar-refractivity contribution in [1.29, 1.82) is 0 Å². The van der Waals surface area contributed by atoms with E-state index in [2.05, 4.69) is 29.1 Å². The van der Waals surface area contributed by atoms with E-state index in [1.807, 2.05) is 13.8 Å². The monoisotopic (exact) mass is 382 g/mol. The van der Waals surface area contributed by atoms with Crippen LogP contribution in [0.1, 0.15) is 35.8 Å². The van der Waals surface area contributed by atoms with E-state index in [0.717, 1.165) is 23.7 Å². The summed E-state index contributed by atoms with van der Waals surface area (Å²) in [6.45, 7) is 9.91. The van der Waals surface area contributed by atoms with Gasteiger partial charge in [0.05, 0.1) is 17.2 Å². The molecular weight excluding hydrogens is 359 g/mol. The number of thiazole rings is 1. The third-order valence-corrected chi connectivity index (χ3v) is 3.48. The van der Waals surface area contributed by atoms with Crippen molar-refractivity contribution >= 4 is 41.3 Å². The second kappa shape index (κ2) is 8.68. The maximum absolute atomic E-state index is 5.79. The van der Waals surface area contributed by atoms with Crippen LogP contribution in [0, 0.1) is 19.8 Å². The molecule has 0 saturated heterocycles. The van der Waals surface area contributed by atoms with Crippen molar-refractivity contribution in [2.24, 2.45) is 16.6 Å². The van der Waals surface area contributed by atoms with E-state index in [-0.39, 0.29) is 24.0 Å². The molecule has 0 amide bonds. The molecule has 1 aromatic rings. The molecule has 18 heavy (non-hydrogen) atoms. The minimum Gasteiger partial charge on any atom is -0.370 e. The summed E-state index contributed by atoms with van der Waals surface area (Å²) in [6.07, 6.45) is 1.11. The predicted octanol–water partition coefficient (Wildman–Crippen LogP) is 2.83. The lowest BCUT2D eigenvalue weighted by Crippen LogP contribution is -2.32. The van der Waals surface area contributed by atoms with Crippen molar-refractivity contribution in [1.82, 2.24) is 10.3 Å². The van der Waals surface area contributed by atoms with Gasteiger partial charge in [0, 0.05) is 11.4 Å². The van der Waals surface area contributed by atoms with Crippen molar-refractivity contribution in [3.05, 3.63) is 15.6 Å². The topological polar surface area (TPSA) is 63.3 Å². The fourth-order valence-corrected chi connectivity index (χ4v) is 2.28. The molecular formula is C12H23IN4S. The fraction of sp³-hybridized carbons (Fsp3) is 0.667. The molecule has 0 saturated carbocycles. The number of rotatable bonds is 5. The highest BCUT2D eigenvalue weighted by Crippen LogP contribution is 2.17. The van der Waals surface area contributed by atoms with E-state index in [1.54, 1.807) is 11.3 Å². The molecule has 1 aromatic heterocycles. The third-order valence-electron chi connectivity index (χ3n) is 2.42. The average Bonchev–Trinajstić information content (AvgIpc) is 2.54. The largest absolute Gasteiger partial charge is 0.370 e. The van der Waals surface area contributed by atoms with Gasteiger partial charge in [0.1, 0.15) is 0 Å². The second-order valence-corrected chi connectivity index (χ2v) is 5.84. The number of aryl methyl sites for hydroxylation is 2. The molecule has 1 heterocycles. The van der Waals surface area contributed by atoms with Gasteiger partial charge in [0.15, 0.2) is 5.96 Å². The molecule has 0 aliphatic rings. The summed E-state index contributed by atoms with van der Waals surface area (Å²) in [6, 6.07) is 0. The first-order chi connectivity index (χ1) is 7.99. The molecule has 6 heteroatoms. The molecule has 0 aliphatic heterocycles. The number of halogens is 1. The smallest absolute Gasteiger partial charge is 0.188 e. The van der Waals surface area contributed by atoms with Gasteiger partial charge in [0.25, 0.3) is 0 Å².